The van der Waals surface area contributed by atoms with Gasteiger partial charge < -0.3 is 9.47 Å². The summed E-state index contributed by atoms with van der Waals surface area (Å²) in [5.74, 6) is -0.489. The number of fused-ring (bicyclic) bond motifs is 1. The van der Waals surface area contributed by atoms with E-state index in [1.165, 1.54) is 6.92 Å². The van der Waals surface area contributed by atoms with Gasteiger partial charge in [-0.1, -0.05) is 20.8 Å². The molecule has 2 heterocycles. The summed E-state index contributed by atoms with van der Waals surface area (Å²) in [6.45, 7) is 8.08. The molecule has 0 spiro atoms. The van der Waals surface area contributed by atoms with Crippen molar-refractivity contribution in [3.63, 3.8) is 0 Å². The molecule has 0 amide bonds. The first-order valence-electron chi connectivity index (χ1n) is 5.92. The number of rotatable bonds is 1. The predicted octanol–water partition coefficient (Wildman–Crippen LogP) is 0.921. The number of carbonyl (C=O) groups is 2. The Morgan fingerprint density at radius 2 is 2.12 bits per heavy atom. The van der Waals surface area contributed by atoms with Gasteiger partial charge >= 0.3 is 11.9 Å². The molecular weight excluding hydrogens is 222 g/mol. The summed E-state index contributed by atoms with van der Waals surface area (Å²) in [4.78, 5) is 24.7. The molecule has 5 nitrogen and oxygen atoms in total. The quantitative estimate of drug-likeness (QED) is 0.639. The standard InChI is InChI=1S/C12H19NO4/c1-7(14)16-8-5-9-10(15)17-11(12(2,3)4)13(9)6-8/h8-9,11H,5-6H2,1-4H3. The summed E-state index contributed by atoms with van der Waals surface area (Å²) in [6, 6.07) is -0.247. The van der Waals surface area contributed by atoms with Crippen LogP contribution in [0, 0.1) is 5.41 Å². The summed E-state index contributed by atoms with van der Waals surface area (Å²) in [5.41, 5.74) is -0.129. The summed E-state index contributed by atoms with van der Waals surface area (Å²) >= 11 is 0. The van der Waals surface area contributed by atoms with E-state index in [1.54, 1.807) is 0 Å². The van der Waals surface area contributed by atoms with E-state index in [0.29, 0.717) is 13.0 Å². The van der Waals surface area contributed by atoms with Crippen LogP contribution in [-0.2, 0) is 19.1 Å². The second-order valence-corrected chi connectivity index (χ2v) is 5.84. The first-order valence-corrected chi connectivity index (χ1v) is 5.92. The maximum atomic E-state index is 11.7. The van der Waals surface area contributed by atoms with Crippen molar-refractivity contribution < 1.29 is 19.1 Å². The highest BCUT2D eigenvalue weighted by Crippen LogP contribution is 2.37. The van der Waals surface area contributed by atoms with Gasteiger partial charge in [0.25, 0.3) is 0 Å². The largest absolute Gasteiger partial charge is 0.461 e. The number of esters is 2. The van der Waals surface area contributed by atoms with E-state index in [1.807, 2.05) is 25.7 Å². The molecule has 0 aromatic rings. The van der Waals surface area contributed by atoms with Crippen LogP contribution in [0.2, 0.25) is 0 Å². The van der Waals surface area contributed by atoms with E-state index < -0.39 is 0 Å². The second kappa shape index (κ2) is 3.98. The second-order valence-electron chi connectivity index (χ2n) is 5.84. The van der Waals surface area contributed by atoms with Gasteiger partial charge in [-0.2, -0.15) is 0 Å². The van der Waals surface area contributed by atoms with Gasteiger partial charge in [0, 0.05) is 25.3 Å². The summed E-state index contributed by atoms with van der Waals surface area (Å²) in [6.07, 6.45) is 0.140. The average molecular weight is 241 g/mol. The first-order chi connectivity index (χ1) is 7.79. The monoisotopic (exact) mass is 241 g/mol. The van der Waals surface area contributed by atoms with Crippen LogP contribution in [-0.4, -0.2) is 41.8 Å². The zero-order chi connectivity index (χ0) is 12.8. The Morgan fingerprint density at radius 1 is 1.47 bits per heavy atom. The lowest BCUT2D eigenvalue weighted by atomic mass is 9.93. The predicted molar refractivity (Wildman–Crippen MR) is 60.0 cm³/mol. The summed E-state index contributed by atoms with van der Waals surface area (Å²) in [5, 5.41) is 0. The zero-order valence-electron chi connectivity index (χ0n) is 10.7. The van der Waals surface area contributed by atoms with Crippen LogP contribution in [0.25, 0.3) is 0 Å². The van der Waals surface area contributed by atoms with E-state index >= 15 is 0 Å². The number of hydrogen-bond acceptors (Lipinski definition) is 5. The van der Waals surface area contributed by atoms with E-state index in [4.69, 9.17) is 9.47 Å². The third-order valence-electron chi connectivity index (χ3n) is 3.18. The Balaban J connectivity index is 2.10. The number of cyclic esters (lactones) is 1. The highest BCUT2D eigenvalue weighted by molar-refractivity contribution is 5.78. The van der Waals surface area contributed by atoms with Gasteiger partial charge in [-0.3, -0.25) is 14.5 Å². The van der Waals surface area contributed by atoms with Gasteiger partial charge in [-0.15, -0.1) is 0 Å². The average Bonchev–Trinajstić information content (AvgIpc) is 2.64. The molecule has 0 radical (unpaired) electrons. The van der Waals surface area contributed by atoms with Crippen molar-refractivity contribution in [1.82, 2.24) is 4.90 Å². The van der Waals surface area contributed by atoms with Crippen LogP contribution < -0.4 is 0 Å². The Hall–Kier alpha value is -1.10. The molecule has 0 bridgehead atoms. The fourth-order valence-electron chi connectivity index (χ4n) is 2.56. The molecule has 2 saturated heterocycles. The lowest BCUT2D eigenvalue weighted by molar-refractivity contribution is -0.153. The molecule has 2 rings (SSSR count). The van der Waals surface area contributed by atoms with Crippen LogP contribution in [0.4, 0.5) is 0 Å². The van der Waals surface area contributed by atoms with Crippen molar-refractivity contribution in [2.24, 2.45) is 5.41 Å². The number of carbonyl (C=O) groups excluding carboxylic acids is 2. The number of hydrogen-bond donors (Lipinski definition) is 0. The fraction of sp³-hybridized carbons (Fsp3) is 0.833. The SMILES string of the molecule is CC(=O)OC1CC2C(=O)OC(C(C)(C)C)N2C1. The molecule has 0 N–H and O–H groups in total. The molecule has 3 unspecified atom stereocenters. The Labute approximate surface area is 101 Å². The first kappa shape index (κ1) is 12.4. The van der Waals surface area contributed by atoms with Gasteiger partial charge in [0.15, 0.2) is 6.23 Å². The van der Waals surface area contributed by atoms with Crippen molar-refractivity contribution in [3.05, 3.63) is 0 Å². The lowest BCUT2D eigenvalue weighted by Crippen LogP contribution is -2.42. The number of nitrogens with zero attached hydrogens (tertiary/aromatic N) is 1. The van der Waals surface area contributed by atoms with Crippen molar-refractivity contribution in [2.45, 2.75) is 52.5 Å². The van der Waals surface area contributed by atoms with Gasteiger partial charge in [0.05, 0.1) is 0 Å². The van der Waals surface area contributed by atoms with E-state index in [9.17, 15) is 9.59 Å². The van der Waals surface area contributed by atoms with Gasteiger partial charge in [0.1, 0.15) is 12.1 Å². The lowest BCUT2D eigenvalue weighted by Gasteiger charge is -2.31. The molecule has 2 fully saturated rings. The minimum Gasteiger partial charge on any atom is -0.461 e. The maximum Gasteiger partial charge on any atom is 0.325 e. The van der Waals surface area contributed by atoms with Crippen molar-refractivity contribution in [1.29, 1.82) is 0 Å². The molecule has 0 aliphatic carbocycles. The third kappa shape index (κ3) is 2.29. The Morgan fingerprint density at radius 3 is 2.65 bits per heavy atom. The van der Waals surface area contributed by atoms with Crippen molar-refractivity contribution >= 4 is 11.9 Å². The molecular formula is C12H19NO4. The molecule has 0 aromatic carbocycles. The Bertz CT molecular complexity index is 347. The van der Waals surface area contributed by atoms with Crippen LogP contribution in [0.5, 0.6) is 0 Å². The fourth-order valence-corrected chi connectivity index (χ4v) is 2.56. The minimum absolute atomic E-state index is 0.129. The third-order valence-corrected chi connectivity index (χ3v) is 3.18. The summed E-state index contributed by atoms with van der Waals surface area (Å²) < 4.78 is 10.6. The van der Waals surface area contributed by atoms with Crippen molar-refractivity contribution in [3.8, 4) is 0 Å². The molecule has 0 aromatic heterocycles. The van der Waals surface area contributed by atoms with Gasteiger partial charge in [0.2, 0.25) is 0 Å². The topological polar surface area (TPSA) is 55.8 Å². The van der Waals surface area contributed by atoms with E-state index in [-0.39, 0.29) is 35.7 Å². The molecule has 0 saturated carbocycles. The van der Waals surface area contributed by atoms with E-state index in [0.717, 1.165) is 0 Å². The van der Waals surface area contributed by atoms with E-state index in [2.05, 4.69) is 0 Å². The highest BCUT2D eigenvalue weighted by Gasteiger charge is 2.52. The molecule has 2 aliphatic heterocycles. The molecule has 2 aliphatic rings. The highest BCUT2D eigenvalue weighted by atomic mass is 16.6. The van der Waals surface area contributed by atoms with Crippen LogP contribution in [0.1, 0.15) is 34.1 Å². The molecule has 5 heteroatoms. The zero-order valence-corrected chi connectivity index (χ0v) is 10.7. The molecule has 3 atom stereocenters. The van der Waals surface area contributed by atoms with Crippen LogP contribution >= 0.6 is 0 Å². The molecule has 96 valence electrons. The van der Waals surface area contributed by atoms with Gasteiger partial charge in [-0.25, -0.2) is 0 Å². The number of ether oxygens (including phenoxy) is 2. The normalized spacial score (nSPS) is 33.4. The van der Waals surface area contributed by atoms with Gasteiger partial charge in [-0.05, 0) is 0 Å². The summed E-state index contributed by atoms with van der Waals surface area (Å²) in [7, 11) is 0. The smallest absolute Gasteiger partial charge is 0.325 e. The molecule has 17 heavy (non-hydrogen) atoms. The van der Waals surface area contributed by atoms with Crippen molar-refractivity contribution in [2.75, 3.05) is 6.54 Å². The Kier molecular flexibility index (Phi) is 2.89. The van der Waals surface area contributed by atoms with Crippen LogP contribution in [0.3, 0.4) is 0 Å². The van der Waals surface area contributed by atoms with Crippen LogP contribution in [0.15, 0.2) is 0 Å². The minimum atomic E-state index is -0.295. The maximum absolute atomic E-state index is 11.7.